The molecule has 3 N–H and O–H groups in total. The quantitative estimate of drug-likeness (QED) is 0.317. The van der Waals surface area contributed by atoms with Gasteiger partial charge in [0.2, 0.25) is 5.95 Å². The molecule has 0 radical (unpaired) electrons. The number of benzene rings is 3. The lowest BCUT2D eigenvalue weighted by Gasteiger charge is -2.44. The Balaban J connectivity index is 1.23. The summed E-state index contributed by atoms with van der Waals surface area (Å²) in [4.78, 5) is 13.6. The van der Waals surface area contributed by atoms with E-state index in [-0.39, 0.29) is 24.7 Å². The first kappa shape index (κ1) is 28.5. The molecule has 8 nitrogen and oxygen atoms in total. The van der Waals surface area contributed by atoms with Crippen LogP contribution >= 0.6 is 0 Å². The van der Waals surface area contributed by atoms with Crippen LogP contribution in [0.15, 0.2) is 91.3 Å². The molecule has 4 aromatic rings. The molecule has 4 atom stereocenters. The number of ether oxygens (including phenoxy) is 2. The monoisotopic (exact) mass is 565 g/mol. The molecule has 0 bridgehead atoms. The smallest absolute Gasteiger partial charge is 0.225 e. The van der Waals surface area contributed by atoms with Gasteiger partial charge in [0, 0.05) is 63.1 Å². The minimum absolute atomic E-state index is 0.0217. The number of hydrogen-bond donors (Lipinski definition) is 2. The van der Waals surface area contributed by atoms with E-state index >= 15 is 0 Å². The summed E-state index contributed by atoms with van der Waals surface area (Å²) in [5, 5.41) is 9.58. The van der Waals surface area contributed by atoms with Crippen LogP contribution in [0.4, 0.5) is 5.95 Å². The summed E-state index contributed by atoms with van der Waals surface area (Å²) in [6.07, 6.45) is 2.90. The van der Waals surface area contributed by atoms with Crippen LogP contribution in [0.3, 0.4) is 0 Å². The van der Waals surface area contributed by atoms with Crippen molar-refractivity contribution < 1.29 is 14.6 Å². The van der Waals surface area contributed by atoms with E-state index in [1.165, 1.54) is 0 Å². The summed E-state index contributed by atoms with van der Waals surface area (Å²) < 4.78 is 13.5. The van der Waals surface area contributed by atoms with Gasteiger partial charge in [0.1, 0.15) is 0 Å². The molecule has 0 saturated carbocycles. The van der Waals surface area contributed by atoms with Crippen molar-refractivity contribution in [2.75, 3.05) is 37.6 Å². The molecule has 1 aromatic heterocycles. The first-order valence-corrected chi connectivity index (χ1v) is 14.8. The largest absolute Gasteiger partial charge is 0.392 e. The van der Waals surface area contributed by atoms with Crippen LogP contribution in [-0.4, -0.2) is 58.8 Å². The van der Waals surface area contributed by atoms with Crippen molar-refractivity contribution in [2.24, 2.45) is 11.7 Å². The van der Waals surface area contributed by atoms with Crippen LogP contribution in [0.1, 0.15) is 41.6 Å². The number of aliphatic hydroxyl groups is 1. The Hall–Kier alpha value is -3.66. The maximum Gasteiger partial charge on any atom is 0.225 e. The van der Waals surface area contributed by atoms with E-state index in [1.54, 1.807) is 12.4 Å². The molecule has 0 amide bonds. The molecule has 42 heavy (non-hydrogen) atoms. The third-order valence-electron chi connectivity index (χ3n) is 8.42. The van der Waals surface area contributed by atoms with Crippen LogP contribution in [0, 0.1) is 5.92 Å². The van der Waals surface area contributed by atoms with Gasteiger partial charge in [0.05, 0.1) is 18.8 Å². The SMILES string of the molecule is CC1C(CN2CCN(c3ncccn3)CC2)OC(c2cccc(-c3cccc(CN)c3)c2)OC1c1ccc(CO)cc1. The Kier molecular flexibility index (Phi) is 8.88. The minimum atomic E-state index is -0.509. The number of nitrogens with two attached hydrogens (primary N) is 1. The van der Waals surface area contributed by atoms with Gasteiger partial charge in [-0.15, -0.1) is 0 Å². The summed E-state index contributed by atoms with van der Waals surface area (Å²) in [6, 6.07) is 26.7. The summed E-state index contributed by atoms with van der Waals surface area (Å²) in [5.74, 6) is 0.914. The maximum atomic E-state index is 9.58. The average molecular weight is 566 g/mol. The second kappa shape index (κ2) is 13.1. The van der Waals surface area contributed by atoms with Crippen molar-refractivity contribution in [3.8, 4) is 11.1 Å². The van der Waals surface area contributed by atoms with Crippen molar-refractivity contribution in [1.29, 1.82) is 0 Å². The number of aromatic nitrogens is 2. The molecule has 3 aromatic carbocycles. The van der Waals surface area contributed by atoms with E-state index in [0.717, 1.165) is 72.1 Å². The van der Waals surface area contributed by atoms with E-state index in [1.807, 2.05) is 30.3 Å². The molecule has 6 rings (SSSR count). The third-order valence-corrected chi connectivity index (χ3v) is 8.42. The topological polar surface area (TPSA) is 97.0 Å². The van der Waals surface area contributed by atoms with Crippen LogP contribution < -0.4 is 10.6 Å². The molecule has 8 heteroatoms. The fraction of sp³-hybridized carbons (Fsp3) is 0.353. The highest BCUT2D eigenvalue weighted by Crippen LogP contribution is 2.42. The fourth-order valence-electron chi connectivity index (χ4n) is 5.91. The molecule has 0 aliphatic carbocycles. The molecule has 218 valence electrons. The Morgan fingerprint density at radius 1 is 0.810 bits per heavy atom. The Morgan fingerprint density at radius 3 is 2.24 bits per heavy atom. The molecule has 2 aliphatic rings. The van der Waals surface area contributed by atoms with Gasteiger partial charge in [-0.05, 0) is 46.0 Å². The van der Waals surface area contributed by atoms with Crippen LogP contribution in [0.5, 0.6) is 0 Å². The summed E-state index contributed by atoms with van der Waals surface area (Å²) in [6.45, 7) is 7.14. The molecular formula is C34H39N5O3. The summed E-state index contributed by atoms with van der Waals surface area (Å²) >= 11 is 0. The van der Waals surface area contributed by atoms with Crippen LogP contribution in [-0.2, 0) is 22.6 Å². The Labute approximate surface area is 247 Å². The standard InChI is InChI=1S/C34H39N5O3/c1-24-31(22-38-15-17-39(18-16-38)34-36-13-4-14-37-34)41-33(42-32(24)27-11-9-25(23-40)10-12-27)30-8-3-7-29(20-30)28-6-2-5-26(19-28)21-35/h2-14,19-20,24,31-33,40H,15-18,21-23,35H2,1H3. The predicted molar refractivity (Wildman–Crippen MR) is 163 cm³/mol. The lowest BCUT2D eigenvalue weighted by atomic mass is 9.89. The van der Waals surface area contributed by atoms with Gasteiger partial charge in [0.15, 0.2) is 6.29 Å². The maximum absolute atomic E-state index is 9.58. The van der Waals surface area contributed by atoms with Crippen molar-refractivity contribution in [1.82, 2.24) is 14.9 Å². The number of hydrogen-bond acceptors (Lipinski definition) is 8. The first-order valence-electron chi connectivity index (χ1n) is 14.8. The number of rotatable bonds is 8. The Bertz CT molecular complexity index is 1440. The van der Waals surface area contributed by atoms with Gasteiger partial charge in [-0.2, -0.15) is 0 Å². The molecule has 2 saturated heterocycles. The molecule has 2 aliphatic heterocycles. The highest BCUT2D eigenvalue weighted by atomic mass is 16.7. The summed E-state index contributed by atoms with van der Waals surface area (Å²) in [5.41, 5.74) is 12.2. The lowest BCUT2D eigenvalue weighted by molar-refractivity contribution is -0.276. The zero-order valence-electron chi connectivity index (χ0n) is 24.0. The molecular weight excluding hydrogens is 526 g/mol. The van der Waals surface area contributed by atoms with Crippen molar-refractivity contribution in [3.63, 3.8) is 0 Å². The third kappa shape index (κ3) is 6.38. The van der Waals surface area contributed by atoms with E-state index < -0.39 is 6.29 Å². The van der Waals surface area contributed by atoms with Gasteiger partial charge in [-0.3, -0.25) is 4.90 Å². The second-order valence-corrected chi connectivity index (χ2v) is 11.2. The van der Waals surface area contributed by atoms with E-state index in [2.05, 4.69) is 75.2 Å². The highest BCUT2D eigenvalue weighted by molar-refractivity contribution is 5.65. The number of nitrogens with zero attached hydrogens (tertiary/aromatic N) is 4. The number of aliphatic hydroxyl groups excluding tert-OH is 1. The normalized spacial score (nSPS) is 23.2. The predicted octanol–water partition coefficient (Wildman–Crippen LogP) is 4.71. The van der Waals surface area contributed by atoms with Gasteiger partial charge in [-0.1, -0.05) is 67.6 Å². The zero-order chi connectivity index (χ0) is 28.9. The molecule has 3 heterocycles. The molecule has 4 unspecified atom stereocenters. The summed E-state index contributed by atoms with van der Waals surface area (Å²) in [7, 11) is 0. The average Bonchev–Trinajstić information content (AvgIpc) is 3.06. The second-order valence-electron chi connectivity index (χ2n) is 11.2. The number of piperazine rings is 1. The fourth-order valence-corrected chi connectivity index (χ4v) is 5.91. The molecule has 2 fully saturated rings. The Morgan fingerprint density at radius 2 is 1.52 bits per heavy atom. The number of anilines is 1. The highest BCUT2D eigenvalue weighted by Gasteiger charge is 2.39. The van der Waals surface area contributed by atoms with E-state index in [9.17, 15) is 5.11 Å². The lowest BCUT2D eigenvalue weighted by Crippen LogP contribution is -2.51. The van der Waals surface area contributed by atoms with Crippen LogP contribution in [0.2, 0.25) is 0 Å². The van der Waals surface area contributed by atoms with E-state index in [4.69, 9.17) is 15.2 Å². The van der Waals surface area contributed by atoms with Crippen molar-refractivity contribution in [3.05, 3.63) is 114 Å². The first-order chi connectivity index (χ1) is 20.6. The van der Waals surface area contributed by atoms with Gasteiger partial charge >= 0.3 is 0 Å². The molecule has 0 spiro atoms. The van der Waals surface area contributed by atoms with Crippen molar-refractivity contribution in [2.45, 2.75) is 38.6 Å². The minimum Gasteiger partial charge on any atom is -0.392 e. The zero-order valence-corrected chi connectivity index (χ0v) is 24.0. The van der Waals surface area contributed by atoms with Gasteiger partial charge < -0.3 is 25.2 Å². The van der Waals surface area contributed by atoms with Gasteiger partial charge in [-0.25, -0.2) is 9.97 Å². The van der Waals surface area contributed by atoms with E-state index in [0.29, 0.717) is 6.54 Å². The van der Waals surface area contributed by atoms with Crippen LogP contribution in [0.25, 0.3) is 11.1 Å². The van der Waals surface area contributed by atoms with Gasteiger partial charge in [0.25, 0.3) is 0 Å². The van der Waals surface area contributed by atoms with Crippen molar-refractivity contribution >= 4 is 5.95 Å².